The van der Waals surface area contributed by atoms with Crippen LogP contribution in [0.1, 0.15) is 5.56 Å². The Hall–Kier alpha value is -2.64. The van der Waals surface area contributed by atoms with Crippen LogP contribution in [-0.4, -0.2) is 24.9 Å². The number of halogens is 1. The Morgan fingerprint density at radius 2 is 1.56 bits per heavy atom. The second-order valence-corrected chi connectivity index (χ2v) is 7.15. The number of hydrogen-bond donors (Lipinski definition) is 1. The Labute approximate surface area is 145 Å². The van der Waals surface area contributed by atoms with Crippen LogP contribution >= 0.6 is 0 Å². The first kappa shape index (κ1) is 17.2. The maximum atomic E-state index is 12.9. The van der Waals surface area contributed by atoms with Gasteiger partial charge in [-0.3, -0.25) is 0 Å². The molecule has 0 aliphatic heterocycles. The van der Waals surface area contributed by atoms with E-state index in [9.17, 15) is 12.8 Å². The predicted molar refractivity (Wildman–Crippen MR) is 92.8 cm³/mol. The Kier molecular flexibility index (Phi) is 5.16. The van der Waals surface area contributed by atoms with Gasteiger partial charge in [-0.2, -0.15) is 0 Å². The molecule has 1 heterocycles. The molecule has 1 N–H and O–H groups in total. The highest BCUT2D eigenvalue weighted by atomic mass is 32.2. The van der Waals surface area contributed by atoms with E-state index in [-0.39, 0.29) is 11.4 Å². The number of nitrogens with one attached hydrogen (secondary N) is 1. The van der Waals surface area contributed by atoms with E-state index in [1.165, 1.54) is 12.1 Å². The topological polar surface area (TPSA) is 72.0 Å². The van der Waals surface area contributed by atoms with Crippen LogP contribution in [0.25, 0.3) is 11.4 Å². The first-order chi connectivity index (χ1) is 12.0. The van der Waals surface area contributed by atoms with E-state index in [0.29, 0.717) is 12.2 Å². The molecule has 0 saturated heterocycles. The summed E-state index contributed by atoms with van der Waals surface area (Å²) in [5.74, 6) is 0.144. The highest BCUT2D eigenvalue weighted by molar-refractivity contribution is 7.89. The number of sulfonamides is 1. The second kappa shape index (κ2) is 7.50. The van der Waals surface area contributed by atoms with Gasteiger partial charge in [0, 0.05) is 24.5 Å². The van der Waals surface area contributed by atoms with Gasteiger partial charge in [0.1, 0.15) is 5.82 Å². The summed E-state index contributed by atoms with van der Waals surface area (Å²) in [7, 11) is -3.66. The van der Waals surface area contributed by atoms with Crippen molar-refractivity contribution in [3.63, 3.8) is 0 Å². The van der Waals surface area contributed by atoms with E-state index in [0.717, 1.165) is 23.3 Å². The maximum absolute atomic E-state index is 12.9. The summed E-state index contributed by atoms with van der Waals surface area (Å²) < 4.78 is 39.6. The van der Waals surface area contributed by atoms with Crippen LogP contribution in [0.5, 0.6) is 0 Å². The first-order valence-electron chi connectivity index (χ1n) is 7.66. The van der Waals surface area contributed by atoms with Crippen molar-refractivity contribution < 1.29 is 12.8 Å². The summed E-state index contributed by atoms with van der Waals surface area (Å²) in [5.41, 5.74) is 1.74. The largest absolute Gasteiger partial charge is 0.240 e. The second-order valence-electron chi connectivity index (χ2n) is 5.38. The van der Waals surface area contributed by atoms with Gasteiger partial charge in [-0.05, 0) is 36.2 Å². The molecule has 3 rings (SSSR count). The Bertz CT molecular complexity index is 928. The van der Waals surface area contributed by atoms with Crippen LogP contribution in [0.4, 0.5) is 4.39 Å². The molecule has 3 aromatic rings. The molecule has 0 aliphatic rings. The zero-order chi connectivity index (χ0) is 17.7. The van der Waals surface area contributed by atoms with Crippen molar-refractivity contribution in [2.45, 2.75) is 11.3 Å². The van der Waals surface area contributed by atoms with Gasteiger partial charge < -0.3 is 0 Å². The molecule has 25 heavy (non-hydrogen) atoms. The smallest absolute Gasteiger partial charge is 0.236 e. The molecule has 5 nitrogen and oxygen atoms in total. The molecular formula is C18H16FN3O2S. The maximum Gasteiger partial charge on any atom is 0.240 e. The number of aromatic nitrogens is 2. The van der Waals surface area contributed by atoms with Crippen LogP contribution in [-0.2, 0) is 16.4 Å². The van der Waals surface area contributed by atoms with Crippen molar-refractivity contribution in [2.24, 2.45) is 0 Å². The fraction of sp³-hybridized carbons (Fsp3) is 0.111. The molecule has 1 aromatic heterocycles. The minimum Gasteiger partial charge on any atom is -0.236 e. The molecule has 0 spiro atoms. The standard InChI is InChI=1S/C18H16FN3O2S/c19-16-6-8-17(9-7-16)25(23,24)22-11-10-14-12-20-18(21-13-14)15-4-2-1-3-5-15/h1-9,12-13,22H,10-11H2. The lowest BCUT2D eigenvalue weighted by atomic mass is 10.2. The normalized spacial score (nSPS) is 11.4. The van der Waals surface area contributed by atoms with Gasteiger partial charge in [-0.15, -0.1) is 0 Å². The fourth-order valence-electron chi connectivity index (χ4n) is 2.25. The highest BCUT2D eigenvalue weighted by Crippen LogP contribution is 2.13. The average Bonchev–Trinajstić information content (AvgIpc) is 2.63. The molecule has 0 aliphatic carbocycles. The van der Waals surface area contributed by atoms with Crippen molar-refractivity contribution in [1.82, 2.24) is 14.7 Å². The van der Waals surface area contributed by atoms with Crippen molar-refractivity contribution >= 4 is 10.0 Å². The first-order valence-corrected chi connectivity index (χ1v) is 9.14. The number of nitrogens with zero attached hydrogens (tertiary/aromatic N) is 2. The molecule has 2 aromatic carbocycles. The lowest BCUT2D eigenvalue weighted by molar-refractivity contribution is 0.580. The van der Waals surface area contributed by atoms with Gasteiger partial charge in [-0.25, -0.2) is 27.5 Å². The number of hydrogen-bond acceptors (Lipinski definition) is 4. The van der Waals surface area contributed by atoms with Crippen molar-refractivity contribution in [3.05, 3.63) is 78.4 Å². The highest BCUT2D eigenvalue weighted by Gasteiger charge is 2.13. The van der Waals surface area contributed by atoms with Gasteiger partial charge in [0.05, 0.1) is 4.90 Å². The van der Waals surface area contributed by atoms with Gasteiger partial charge in [-0.1, -0.05) is 30.3 Å². The fourth-order valence-corrected chi connectivity index (χ4v) is 3.28. The number of benzene rings is 2. The van der Waals surface area contributed by atoms with Gasteiger partial charge >= 0.3 is 0 Å². The molecule has 0 saturated carbocycles. The summed E-state index contributed by atoms with van der Waals surface area (Å²) >= 11 is 0. The molecule has 7 heteroatoms. The molecule has 0 radical (unpaired) electrons. The minimum atomic E-state index is -3.66. The summed E-state index contributed by atoms with van der Waals surface area (Å²) in [5, 5.41) is 0. The molecule has 0 atom stereocenters. The van der Waals surface area contributed by atoms with Gasteiger partial charge in [0.25, 0.3) is 0 Å². The molecule has 128 valence electrons. The lowest BCUT2D eigenvalue weighted by Crippen LogP contribution is -2.26. The average molecular weight is 357 g/mol. The third-order valence-electron chi connectivity index (χ3n) is 3.57. The molecule has 0 bridgehead atoms. The Morgan fingerprint density at radius 3 is 2.20 bits per heavy atom. The van der Waals surface area contributed by atoms with E-state index in [1.54, 1.807) is 12.4 Å². The molecular weight excluding hydrogens is 341 g/mol. The lowest BCUT2D eigenvalue weighted by Gasteiger charge is -2.07. The van der Waals surface area contributed by atoms with Crippen molar-refractivity contribution in [3.8, 4) is 11.4 Å². The summed E-state index contributed by atoms with van der Waals surface area (Å²) in [6.45, 7) is 0.202. The van der Waals surface area contributed by atoms with E-state index >= 15 is 0 Å². The Balaban J connectivity index is 1.59. The molecule has 0 amide bonds. The predicted octanol–water partition coefficient (Wildman–Crippen LogP) is 2.80. The van der Waals surface area contributed by atoms with Gasteiger partial charge in [0.15, 0.2) is 5.82 Å². The van der Waals surface area contributed by atoms with Gasteiger partial charge in [0.2, 0.25) is 10.0 Å². The summed E-state index contributed by atoms with van der Waals surface area (Å²) in [6, 6.07) is 14.3. The van der Waals surface area contributed by atoms with E-state index in [4.69, 9.17) is 0 Å². The van der Waals surface area contributed by atoms with Crippen LogP contribution in [0.15, 0.2) is 71.9 Å². The summed E-state index contributed by atoms with van der Waals surface area (Å²) in [6.07, 6.45) is 3.82. The SMILES string of the molecule is O=S(=O)(NCCc1cnc(-c2ccccc2)nc1)c1ccc(F)cc1. The van der Waals surface area contributed by atoms with Crippen LogP contribution in [0.3, 0.4) is 0 Å². The third-order valence-corrected chi connectivity index (χ3v) is 5.04. The molecule has 0 unspecified atom stereocenters. The Morgan fingerprint density at radius 1 is 0.920 bits per heavy atom. The monoisotopic (exact) mass is 357 g/mol. The van der Waals surface area contributed by atoms with Crippen LogP contribution in [0.2, 0.25) is 0 Å². The number of rotatable bonds is 6. The van der Waals surface area contributed by atoms with Crippen LogP contribution < -0.4 is 4.72 Å². The van der Waals surface area contributed by atoms with Crippen molar-refractivity contribution in [1.29, 1.82) is 0 Å². The quantitative estimate of drug-likeness (QED) is 0.736. The van der Waals surface area contributed by atoms with Crippen LogP contribution in [0, 0.1) is 5.82 Å². The summed E-state index contributed by atoms with van der Waals surface area (Å²) in [4.78, 5) is 8.64. The van der Waals surface area contributed by atoms with E-state index < -0.39 is 15.8 Å². The minimum absolute atomic E-state index is 0.0320. The molecule has 0 fully saturated rings. The zero-order valence-electron chi connectivity index (χ0n) is 13.3. The van der Waals surface area contributed by atoms with E-state index in [1.807, 2.05) is 30.3 Å². The van der Waals surface area contributed by atoms with Crippen molar-refractivity contribution in [2.75, 3.05) is 6.54 Å². The zero-order valence-corrected chi connectivity index (χ0v) is 14.1. The third kappa shape index (κ3) is 4.46. The van der Waals surface area contributed by atoms with E-state index in [2.05, 4.69) is 14.7 Å².